The predicted molar refractivity (Wildman–Crippen MR) is 132 cm³/mol. The number of hydrogen-bond donors (Lipinski definition) is 1. The lowest BCUT2D eigenvalue weighted by Gasteiger charge is -2.36. The Morgan fingerprint density at radius 2 is 1.82 bits per heavy atom. The van der Waals surface area contributed by atoms with E-state index in [0.717, 1.165) is 51.8 Å². The molecule has 3 aromatic heterocycles. The van der Waals surface area contributed by atoms with Crippen molar-refractivity contribution >= 4 is 33.7 Å². The molecule has 1 N–H and O–H groups in total. The number of pyridine rings is 2. The fourth-order valence-electron chi connectivity index (χ4n) is 4.25. The summed E-state index contributed by atoms with van der Waals surface area (Å²) < 4.78 is 5.51. The van der Waals surface area contributed by atoms with Gasteiger partial charge in [0.15, 0.2) is 0 Å². The van der Waals surface area contributed by atoms with E-state index in [-0.39, 0.29) is 6.09 Å². The first kappa shape index (κ1) is 21.7. The number of carbonyl (C=O) groups is 1. The molecule has 1 aliphatic heterocycles. The average Bonchev–Trinajstić information content (AvgIpc) is 3.20. The van der Waals surface area contributed by atoms with Gasteiger partial charge in [-0.2, -0.15) is 5.26 Å². The van der Waals surface area contributed by atoms with Crippen LogP contribution in [0.4, 0.5) is 10.5 Å². The molecule has 4 aromatic rings. The number of H-pyrrole nitrogens is 1. The maximum Gasteiger partial charge on any atom is 0.410 e. The van der Waals surface area contributed by atoms with Gasteiger partial charge in [-0.25, -0.2) is 14.8 Å². The smallest absolute Gasteiger partial charge is 0.410 e. The molecule has 5 rings (SSSR count). The van der Waals surface area contributed by atoms with Gasteiger partial charge in [-0.15, -0.1) is 0 Å². The van der Waals surface area contributed by atoms with Gasteiger partial charge in [-0.1, -0.05) is 12.1 Å². The van der Waals surface area contributed by atoms with Crippen molar-refractivity contribution in [2.24, 2.45) is 0 Å². The zero-order valence-corrected chi connectivity index (χ0v) is 19.5. The van der Waals surface area contributed by atoms with Gasteiger partial charge in [0.25, 0.3) is 0 Å². The van der Waals surface area contributed by atoms with Crippen molar-refractivity contribution in [2.45, 2.75) is 26.4 Å². The lowest BCUT2D eigenvalue weighted by Crippen LogP contribution is -2.50. The zero-order valence-electron chi connectivity index (χ0n) is 19.5. The number of benzene rings is 1. The number of nitrogens with one attached hydrogen (secondary N) is 1. The summed E-state index contributed by atoms with van der Waals surface area (Å²) in [5.74, 6) is 0. The SMILES string of the molecule is CC(C)(C)OC(=O)N1CCN(c2cccc(-c3cnc4[nH]c5cnc(C#N)cc5c4c3)c2)CC1. The van der Waals surface area contributed by atoms with Crippen LogP contribution in [0.5, 0.6) is 0 Å². The van der Waals surface area contributed by atoms with Crippen LogP contribution in [0, 0.1) is 11.3 Å². The Labute approximate surface area is 197 Å². The molecule has 172 valence electrons. The van der Waals surface area contributed by atoms with E-state index in [0.29, 0.717) is 18.8 Å². The van der Waals surface area contributed by atoms with Crippen LogP contribution in [0.1, 0.15) is 26.5 Å². The van der Waals surface area contributed by atoms with Gasteiger partial charge in [0, 0.05) is 54.4 Å². The molecule has 34 heavy (non-hydrogen) atoms. The van der Waals surface area contributed by atoms with Crippen LogP contribution in [0.3, 0.4) is 0 Å². The highest BCUT2D eigenvalue weighted by atomic mass is 16.6. The second-order valence-corrected chi connectivity index (χ2v) is 9.48. The van der Waals surface area contributed by atoms with E-state index in [1.165, 1.54) is 0 Å². The predicted octanol–water partition coefficient (Wildman–Crippen LogP) is 4.71. The molecular formula is C26H26N6O2. The Morgan fingerprint density at radius 1 is 1.03 bits per heavy atom. The standard InChI is InChI=1S/C26H26N6O2/c1-26(2,3)34-25(33)32-9-7-31(8-10-32)20-6-4-5-17(11-20)18-12-22-21-13-19(14-27)28-16-23(21)30-24(22)29-15-18/h4-6,11-13,15-16H,7-10H2,1-3H3,(H,29,30). The van der Waals surface area contributed by atoms with Crippen molar-refractivity contribution in [1.29, 1.82) is 5.26 Å². The quantitative estimate of drug-likeness (QED) is 0.471. The molecule has 0 atom stereocenters. The summed E-state index contributed by atoms with van der Waals surface area (Å²) in [5.41, 5.74) is 4.68. The minimum Gasteiger partial charge on any atom is -0.444 e. The molecule has 8 nitrogen and oxygen atoms in total. The molecule has 0 spiro atoms. The highest BCUT2D eigenvalue weighted by Gasteiger charge is 2.26. The van der Waals surface area contributed by atoms with Crippen molar-refractivity contribution < 1.29 is 9.53 Å². The molecule has 1 amide bonds. The van der Waals surface area contributed by atoms with E-state index in [9.17, 15) is 10.1 Å². The largest absolute Gasteiger partial charge is 0.444 e. The third kappa shape index (κ3) is 4.25. The molecule has 1 fully saturated rings. The number of carbonyl (C=O) groups excluding carboxylic acids is 1. The third-order valence-electron chi connectivity index (χ3n) is 5.93. The number of rotatable bonds is 2. The number of nitrogens with zero attached hydrogens (tertiary/aromatic N) is 5. The average molecular weight is 455 g/mol. The number of anilines is 1. The molecule has 0 bridgehead atoms. The van der Waals surface area contributed by atoms with Gasteiger partial charge >= 0.3 is 6.09 Å². The maximum absolute atomic E-state index is 12.4. The summed E-state index contributed by atoms with van der Waals surface area (Å²) in [6, 6.07) is 14.4. The minimum atomic E-state index is -0.491. The lowest BCUT2D eigenvalue weighted by atomic mass is 10.0. The van der Waals surface area contributed by atoms with Gasteiger partial charge in [-0.05, 0) is 50.6 Å². The number of hydrogen-bond acceptors (Lipinski definition) is 6. The first-order valence-electron chi connectivity index (χ1n) is 11.3. The van der Waals surface area contributed by atoms with Crippen molar-refractivity contribution in [2.75, 3.05) is 31.1 Å². The molecule has 8 heteroatoms. The van der Waals surface area contributed by atoms with Crippen molar-refractivity contribution in [3.05, 3.63) is 54.5 Å². The van der Waals surface area contributed by atoms with Crippen LogP contribution in [-0.4, -0.2) is 57.7 Å². The molecule has 4 heterocycles. The Bertz CT molecular complexity index is 1420. The van der Waals surface area contributed by atoms with Crippen LogP contribution >= 0.6 is 0 Å². The van der Waals surface area contributed by atoms with Gasteiger partial charge in [-0.3, -0.25) is 0 Å². The van der Waals surface area contributed by atoms with Crippen LogP contribution in [0.15, 0.2) is 48.8 Å². The van der Waals surface area contributed by atoms with Crippen molar-refractivity contribution in [3.63, 3.8) is 0 Å². The van der Waals surface area contributed by atoms with Crippen LogP contribution < -0.4 is 4.90 Å². The number of aromatic amines is 1. The Kier molecular flexibility index (Phi) is 5.33. The fourth-order valence-corrected chi connectivity index (χ4v) is 4.25. The summed E-state index contributed by atoms with van der Waals surface area (Å²) in [6.07, 6.45) is 3.27. The summed E-state index contributed by atoms with van der Waals surface area (Å²) in [7, 11) is 0. The second-order valence-electron chi connectivity index (χ2n) is 9.48. The maximum atomic E-state index is 12.4. The number of aromatic nitrogens is 3. The van der Waals surface area contributed by atoms with Crippen LogP contribution in [0.25, 0.3) is 33.1 Å². The van der Waals surface area contributed by atoms with Gasteiger partial charge < -0.3 is 19.5 Å². The zero-order chi connectivity index (χ0) is 23.9. The highest BCUT2D eigenvalue weighted by molar-refractivity contribution is 6.07. The Morgan fingerprint density at radius 3 is 2.56 bits per heavy atom. The monoisotopic (exact) mass is 454 g/mol. The topological polar surface area (TPSA) is 98.1 Å². The fraction of sp³-hybridized carbons (Fsp3) is 0.308. The Balaban J connectivity index is 1.38. The van der Waals surface area contributed by atoms with E-state index in [1.807, 2.05) is 33.0 Å². The minimum absolute atomic E-state index is 0.256. The first-order valence-corrected chi connectivity index (χ1v) is 11.3. The van der Waals surface area contributed by atoms with Crippen molar-refractivity contribution in [1.82, 2.24) is 19.9 Å². The normalized spacial score (nSPS) is 14.4. The molecule has 0 radical (unpaired) electrons. The Hall–Kier alpha value is -4.12. The molecule has 0 aliphatic carbocycles. The van der Waals surface area contributed by atoms with Gasteiger partial charge in [0.2, 0.25) is 0 Å². The molecule has 0 unspecified atom stereocenters. The number of nitriles is 1. The van der Waals surface area contributed by atoms with Gasteiger partial charge in [0.1, 0.15) is 23.0 Å². The van der Waals surface area contributed by atoms with Crippen molar-refractivity contribution in [3.8, 4) is 17.2 Å². The summed E-state index contributed by atoms with van der Waals surface area (Å²) in [5, 5.41) is 11.1. The molecule has 1 aliphatic rings. The van der Waals surface area contributed by atoms with E-state index < -0.39 is 5.60 Å². The van der Waals surface area contributed by atoms with E-state index in [4.69, 9.17) is 4.74 Å². The first-order chi connectivity index (χ1) is 16.3. The molecular weight excluding hydrogens is 428 g/mol. The van der Waals surface area contributed by atoms with Gasteiger partial charge in [0.05, 0.1) is 11.7 Å². The lowest BCUT2D eigenvalue weighted by molar-refractivity contribution is 0.0240. The van der Waals surface area contributed by atoms with E-state index >= 15 is 0 Å². The second kappa shape index (κ2) is 8.34. The highest BCUT2D eigenvalue weighted by Crippen LogP contribution is 2.30. The summed E-state index contributed by atoms with van der Waals surface area (Å²) in [4.78, 5) is 28.4. The van der Waals surface area contributed by atoms with Crippen LogP contribution in [-0.2, 0) is 4.74 Å². The third-order valence-corrected chi connectivity index (χ3v) is 5.93. The molecule has 0 saturated carbocycles. The number of fused-ring (bicyclic) bond motifs is 3. The van der Waals surface area contributed by atoms with Crippen LogP contribution in [0.2, 0.25) is 0 Å². The number of piperazine rings is 1. The summed E-state index contributed by atoms with van der Waals surface area (Å²) in [6.45, 7) is 8.38. The van der Waals surface area contributed by atoms with E-state index in [1.54, 1.807) is 17.2 Å². The number of ether oxygens (including phenoxy) is 1. The summed E-state index contributed by atoms with van der Waals surface area (Å²) >= 11 is 0. The molecule has 1 saturated heterocycles. The van der Waals surface area contributed by atoms with E-state index in [2.05, 4.69) is 50.2 Å². The number of amides is 1. The molecule has 1 aromatic carbocycles.